The van der Waals surface area contributed by atoms with Crippen LogP contribution in [0.25, 0.3) is 0 Å². The normalized spacial score (nSPS) is 18.3. The van der Waals surface area contributed by atoms with Crippen molar-refractivity contribution in [3.63, 3.8) is 0 Å². The lowest BCUT2D eigenvalue weighted by Gasteiger charge is -2.40. The molecule has 0 N–H and O–H groups in total. The summed E-state index contributed by atoms with van der Waals surface area (Å²) in [7, 11) is 1.60. The number of hydrogen-bond donors (Lipinski definition) is 0. The minimum atomic E-state index is 0.0332. The Labute approximate surface area is 188 Å². The molecule has 3 heterocycles. The third-order valence-corrected chi connectivity index (χ3v) is 5.95. The number of carbonyl (C=O) groups excluding carboxylic acids is 1. The number of nitriles is 1. The fourth-order valence-corrected chi connectivity index (χ4v) is 4.08. The van der Waals surface area contributed by atoms with Gasteiger partial charge in [-0.2, -0.15) is 5.26 Å². The molecule has 2 aromatic heterocycles. The van der Waals surface area contributed by atoms with Crippen molar-refractivity contribution in [1.82, 2.24) is 14.9 Å². The van der Waals surface area contributed by atoms with Crippen molar-refractivity contribution in [2.45, 2.75) is 44.8 Å². The van der Waals surface area contributed by atoms with Gasteiger partial charge in [-0.3, -0.25) is 9.78 Å². The van der Waals surface area contributed by atoms with Gasteiger partial charge in [-0.05, 0) is 31.9 Å². The Hall–Kier alpha value is -3.18. The molecule has 32 heavy (non-hydrogen) atoms. The summed E-state index contributed by atoms with van der Waals surface area (Å²) in [6.07, 6.45) is 4.28. The molecule has 168 valence electrons. The Morgan fingerprint density at radius 1 is 1.31 bits per heavy atom. The maximum Gasteiger partial charge on any atom is 0.225 e. The smallest absolute Gasteiger partial charge is 0.225 e. The Balaban J connectivity index is 1.52. The van der Waals surface area contributed by atoms with Crippen LogP contribution in [-0.2, 0) is 16.1 Å². The van der Waals surface area contributed by atoms with Crippen molar-refractivity contribution < 1.29 is 14.3 Å². The number of aromatic nitrogens is 2. The Bertz CT molecular complexity index is 987. The molecule has 2 fully saturated rings. The number of amides is 1. The topological polar surface area (TPSA) is 91.6 Å². The van der Waals surface area contributed by atoms with Gasteiger partial charge in [0.2, 0.25) is 5.91 Å². The van der Waals surface area contributed by atoms with E-state index in [9.17, 15) is 10.1 Å². The van der Waals surface area contributed by atoms with E-state index in [1.807, 2.05) is 36.1 Å². The average molecular weight is 436 g/mol. The number of pyridine rings is 2. The van der Waals surface area contributed by atoms with Gasteiger partial charge >= 0.3 is 0 Å². The molecule has 0 bridgehead atoms. The van der Waals surface area contributed by atoms with Crippen molar-refractivity contribution in [2.24, 2.45) is 0 Å². The lowest BCUT2D eigenvalue weighted by Crippen LogP contribution is -2.54. The third-order valence-electron chi connectivity index (χ3n) is 5.95. The summed E-state index contributed by atoms with van der Waals surface area (Å²) in [5.74, 6) is 1.83. The van der Waals surface area contributed by atoms with Gasteiger partial charge in [-0.25, -0.2) is 4.98 Å². The molecule has 1 aliphatic heterocycles. The number of anilines is 1. The molecule has 0 aromatic carbocycles. The molecule has 1 atom stereocenters. The summed E-state index contributed by atoms with van der Waals surface area (Å²) in [4.78, 5) is 25.7. The van der Waals surface area contributed by atoms with E-state index in [0.717, 1.165) is 24.2 Å². The Morgan fingerprint density at radius 3 is 2.81 bits per heavy atom. The molecular formula is C24H29N5O3. The summed E-state index contributed by atoms with van der Waals surface area (Å²) >= 11 is 0. The van der Waals surface area contributed by atoms with E-state index in [2.05, 4.69) is 16.0 Å². The first-order valence-electron chi connectivity index (χ1n) is 11.1. The molecule has 0 spiro atoms. The van der Waals surface area contributed by atoms with Gasteiger partial charge in [0.15, 0.2) is 0 Å². The first-order valence-corrected chi connectivity index (χ1v) is 11.1. The van der Waals surface area contributed by atoms with Gasteiger partial charge in [0, 0.05) is 51.0 Å². The molecule has 1 saturated carbocycles. The highest BCUT2D eigenvalue weighted by molar-refractivity contribution is 5.77. The van der Waals surface area contributed by atoms with Crippen LogP contribution in [0.15, 0.2) is 30.5 Å². The van der Waals surface area contributed by atoms with Gasteiger partial charge < -0.3 is 19.3 Å². The number of methoxy groups -OCH3 is 1. The lowest BCUT2D eigenvalue weighted by atomic mass is 10.1. The van der Waals surface area contributed by atoms with Crippen LogP contribution < -0.4 is 9.64 Å². The van der Waals surface area contributed by atoms with Crippen molar-refractivity contribution in [3.8, 4) is 11.8 Å². The lowest BCUT2D eigenvalue weighted by molar-refractivity contribution is -0.134. The number of ether oxygens (including phenoxy) is 2. The molecule has 8 heteroatoms. The highest BCUT2D eigenvalue weighted by Crippen LogP contribution is 2.45. The predicted octanol–water partition coefficient (Wildman–Crippen LogP) is 2.88. The van der Waals surface area contributed by atoms with Crippen LogP contribution in [0, 0.1) is 11.3 Å². The zero-order valence-corrected chi connectivity index (χ0v) is 18.7. The standard InChI is InChI=1S/C24H29N5O3/c1-17-15-28(10-11-29(17)22(30)8-12-31-2)24-19(14-25)13-21(23(27-24)18-6-7-18)32-16-20-5-3-4-9-26-20/h3-5,9,13,17-18H,6-8,10-12,15-16H2,1-2H3. The highest BCUT2D eigenvalue weighted by atomic mass is 16.5. The molecule has 0 radical (unpaired) electrons. The predicted molar refractivity (Wildman–Crippen MR) is 119 cm³/mol. The quantitative estimate of drug-likeness (QED) is 0.630. The summed E-state index contributed by atoms with van der Waals surface area (Å²) in [5, 5.41) is 9.84. The van der Waals surface area contributed by atoms with E-state index >= 15 is 0 Å². The molecule has 1 unspecified atom stereocenters. The molecule has 2 aliphatic rings. The average Bonchev–Trinajstić information content (AvgIpc) is 3.66. The van der Waals surface area contributed by atoms with E-state index in [0.29, 0.717) is 62.3 Å². The maximum atomic E-state index is 12.5. The monoisotopic (exact) mass is 435 g/mol. The van der Waals surface area contributed by atoms with Crippen LogP contribution in [0.4, 0.5) is 5.82 Å². The molecule has 4 rings (SSSR count). The molecule has 1 aliphatic carbocycles. The number of nitrogens with zero attached hydrogens (tertiary/aromatic N) is 5. The van der Waals surface area contributed by atoms with Gasteiger partial charge in [0.05, 0.1) is 30.0 Å². The zero-order valence-electron chi connectivity index (χ0n) is 18.7. The second kappa shape index (κ2) is 9.96. The van der Waals surface area contributed by atoms with Gasteiger partial charge in [-0.1, -0.05) is 6.07 Å². The van der Waals surface area contributed by atoms with Crippen molar-refractivity contribution in [2.75, 3.05) is 38.3 Å². The molecular weight excluding hydrogens is 406 g/mol. The number of hydrogen-bond acceptors (Lipinski definition) is 7. The van der Waals surface area contributed by atoms with Gasteiger partial charge in [0.1, 0.15) is 24.2 Å². The van der Waals surface area contributed by atoms with E-state index in [1.54, 1.807) is 13.3 Å². The summed E-state index contributed by atoms with van der Waals surface area (Å²) in [5.41, 5.74) is 2.25. The van der Waals surface area contributed by atoms with Crippen molar-refractivity contribution >= 4 is 11.7 Å². The van der Waals surface area contributed by atoms with Crippen LogP contribution in [0.1, 0.15) is 49.1 Å². The van der Waals surface area contributed by atoms with E-state index in [4.69, 9.17) is 14.5 Å². The summed E-state index contributed by atoms with van der Waals surface area (Å²) in [6, 6.07) is 9.86. The summed E-state index contributed by atoms with van der Waals surface area (Å²) < 4.78 is 11.1. The van der Waals surface area contributed by atoms with Gasteiger partial charge in [0.25, 0.3) is 0 Å². The largest absolute Gasteiger partial charge is 0.485 e. The van der Waals surface area contributed by atoms with Crippen molar-refractivity contribution in [3.05, 3.63) is 47.4 Å². The first-order chi connectivity index (χ1) is 15.6. The van der Waals surface area contributed by atoms with Crippen molar-refractivity contribution in [1.29, 1.82) is 5.26 Å². The summed E-state index contributed by atoms with van der Waals surface area (Å²) in [6.45, 7) is 4.69. The van der Waals surface area contributed by atoms with Gasteiger partial charge in [-0.15, -0.1) is 0 Å². The van der Waals surface area contributed by atoms with E-state index in [1.165, 1.54) is 0 Å². The minimum Gasteiger partial charge on any atom is -0.485 e. The van der Waals surface area contributed by atoms with Crippen LogP contribution in [0.2, 0.25) is 0 Å². The zero-order chi connectivity index (χ0) is 22.5. The van der Waals surface area contributed by atoms with E-state index < -0.39 is 0 Å². The molecule has 2 aromatic rings. The molecule has 1 amide bonds. The first kappa shape index (κ1) is 22.0. The third kappa shape index (κ3) is 5.00. The minimum absolute atomic E-state index is 0.0332. The Kier molecular flexibility index (Phi) is 6.86. The molecule has 1 saturated heterocycles. The van der Waals surface area contributed by atoms with Crippen LogP contribution in [-0.4, -0.2) is 60.2 Å². The van der Waals surface area contributed by atoms with Crippen LogP contribution in [0.3, 0.4) is 0 Å². The maximum absolute atomic E-state index is 12.5. The van der Waals surface area contributed by atoms with Crippen LogP contribution >= 0.6 is 0 Å². The second-order valence-electron chi connectivity index (χ2n) is 8.36. The fraction of sp³-hybridized carbons (Fsp3) is 0.500. The number of piperazine rings is 1. The SMILES string of the molecule is COCCC(=O)N1CCN(c2nc(C3CC3)c(OCc3ccccn3)cc2C#N)CC1C. The number of carbonyl (C=O) groups is 1. The van der Waals surface area contributed by atoms with Crippen LogP contribution in [0.5, 0.6) is 5.75 Å². The Morgan fingerprint density at radius 2 is 2.16 bits per heavy atom. The molecule has 8 nitrogen and oxygen atoms in total. The highest BCUT2D eigenvalue weighted by Gasteiger charge is 2.33. The number of rotatable bonds is 8. The van der Waals surface area contributed by atoms with E-state index in [-0.39, 0.29) is 11.9 Å². The fourth-order valence-electron chi connectivity index (χ4n) is 4.08. The second-order valence-corrected chi connectivity index (χ2v) is 8.36.